The van der Waals surface area contributed by atoms with Gasteiger partial charge in [0.15, 0.2) is 0 Å². The summed E-state index contributed by atoms with van der Waals surface area (Å²) in [6, 6.07) is 22.5. The van der Waals surface area contributed by atoms with Crippen LogP contribution in [0.5, 0.6) is 0 Å². The normalized spacial score (nSPS) is 16.9. The van der Waals surface area contributed by atoms with Crippen LogP contribution >= 0.6 is 0 Å². The lowest BCUT2D eigenvalue weighted by Gasteiger charge is -2.26. The molecule has 0 heterocycles. The van der Waals surface area contributed by atoms with Gasteiger partial charge in [-0.3, -0.25) is 0 Å². The van der Waals surface area contributed by atoms with Gasteiger partial charge in [-0.1, -0.05) is 92.8 Å². The van der Waals surface area contributed by atoms with E-state index in [4.69, 9.17) is 0 Å². The van der Waals surface area contributed by atoms with Crippen molar-refractivity contribution < 1.29 is 0 Å². The lowest BCUT2D eigenvalue weighted by molar-refractivity contribution is 0.304. The molecule has 25 heavy (non-hydrogen) atoms. The summed E-state index contributed by atoms with van der Waals surface area (Å²) in [7, 11) is 0. The largest absolute Gasteiger partial charge is 0.314 e. The van der Waals surface area contributed by atoms with Gasteiger partial charge in [-0.25, -0.2) is 0 Å². The highest BCUT2D eigenvalue weighted by molar-refractivity contribution is 5.32. The molecule has 1 atom stereocenters. The first-order valence-electron chi connectivity index (χ1n) is 10.2. The highest BCUT2D eigenvalue weighted by Crippen LogP contribution is 2.29. The van der Waals surface area contributed by atoms with E-state index in [1.807, 2.05) is 0 Å². The zero-order valence-corrected chi connectivity index (χ0v) is 15.7. The molecule has 0 saturated heterocycles. The first kappa shape index (κ1) is 18.2. The van der Waals surface area contributed by atoms with Crippen molar-refractivity contribution in [2.75, 3.05) is 6.54 Å². The summed E-state index contributed by atoms with van der Waals surface area (Å²) in [4.78, 5) is 0. The molecule has 1 N–H and O–H groups in total. The highest BCUT2D eigenvalue weighted by Gasteiger charge is 2.17. The third-order valence-electron chi connectivity index (χ3n) is 5.74. The van der Waals surface area contributed by atoms with E-state index in [0.717, 1.165) is 18.9 Å². The van der Waals surface area contributed by atoms with Crippen LogP contribution < -0.4 is 5.32 Å². The van der Waals surface area contributed by atoms with E-state index < -0.39 is 0 Å². The molecule has 0 spiro atoms. The van der Waals surface area contributed by atoms with Crippen molar-refractivity contribution in [1.29, 1.82) is 0 Å². The Morgan fingerprint density at radius 1 is 0.840 bits per heavy atom. The maximum Gasteiger partial charge on any atom is 0.0101 e. The molecule has 1 aliphatic rings. The van der Waals surface area contributed by atoms with Gasteiger partial charge in [-0.2, -0.15) is 0 Å². The molecule has 134 valence electrons. The van der Waals surface area contributed by atoms with Gasteiger partial charge in [0.05, 0.1) is 0 Å². The van der Waals surface area contributed by atoms with Crippen LogP contribution in [0.4, 0.5) is 0 Å². The Balaban J connectivity index is 1.54. The van der Waals surface area contributed by atoms with Gasteiger partial charge in [0, 0.05) is 12.0 Å². The number of rotatable bonds is 8. The molecule has 1 saturated carbocycles. The van der Waals surface area contributed by atoms with Gasteiger partial charge < -0.3 is 5.32 Å². The molecule has 0 radical (unpaired) electrons. The van der Waals surface area contributed by atoms with Gasteiger partial charge in [-0.15, -0.1) is 0 Å². The minimum Gasteiger partial charge on any atom is -0.314 e. The first-order chi connectivity index (χ1) is 12.3. The molecule has 0 unspecified atom stereocenters. The van der Waals surface area contributed by atoms with Crippen molar-refractivity contribution in [2.45, 2.75) is 63.8 Å². The van der Waals surface area contributed by atoms with E-state index >= 15 is 0 Å². The Hall–Kier alpha value is -1.60. The molecule has 2 aromatic rings. The Morgan fingerprint density at radius 3 is 1.96 bits per heavy atom. The van der Waals surface area contributed by atoms with Gasteiger partial charge in [0.2, 0.25) is 0 Å². The van der Waals surface area contributed by atoms with Gasteiger partial charge in [0.1, 0.15) is 0 Å². The van der Waals surface area contributed by atoms with E-state index in [9.17, 15) is 0 Å². The van der Waals surface area contributed by atoms with Crippen LogP contribution in [-0.4, -0.2) is 12.6 Å². The molecule has 0 aromatic heterocycles. The summed E-state index contributed by atoms with van der Waals surface area (Å²) in [6.07, 6.45) is 9.74. The van der Waals surface area contributed by atoms with Crippen molar-refractivity contribution in [2.24, 2.45) is 5.92 Å². The molecule has 0 amide bonds. The smallest absolute Gasteiger partial charge is 0.0101 e. The number of nitrogens with one attached hydrogen (secondary N) is 1. The molecule has 1 heteroatoms. The Labute approximate surface area is 153 Å². The van der Waals surface area contributed by atoms with E-state index in [0.29, 0.717) is 12.0 Å². The quantitative estimate of drug-likeness (QED) is 0.609. The fourth-order valence-electron chi connectivity index (χ4n) is 4.38. The lowest BCUT2D eigenvalue weighted by Crippen LogP contribution is -2.30. The average molecular weight is 336 g/mol. The molecular weight excluding hydrogens is 302 g/mol. The van der Waals surface area contributed by atoms with Crippen LogP contribution in [0.1, 0.15) is 68.9 Å². The molecule has 1 aliphatic carbocycles. The molecule has 0 bridgehead atoms. The van der Waals surface area contributed by atoms with Crippen molar-refractivity contribution in [1.82, 2.24) is 5.32 Å². The number of benzene rings is 2. The van der Waals surface area contributed by atoms with Gasteiger partial charge in [0.25, 0.3) is 0 Å². The van der Waals surface area contributed by atoms with Gasteiger partial charge >= 0.3 is 0 Å². The minimum absolute atomic E-state index is 0.483. The van der Waals surface area contributed by atoms with E-state index in [1.165, 1.54) is 49.7 Å². The second-order valence-electron chi connectivity index (χ2n) is 7.76. The third-order valence-corrected chi connectivity index (χ3v) is 5.74. The van der Waals surface area contributed by atoms with Crippen LogP contribution in [0.25, 0.3) is 0 Å². The second kappa shape index (κ2) is 9.77. The maximum atomic E-state index is 3.80. The van der Waals surface area contributed by atoms with E-state index in [1.54, 1.807) is 0 Å². The highest BCUT2D eigenvalue weighted by atomic mass is 14.9. The monoisotopic (exact) mass is 335 g/mol. The standard InChI is InChI=1S/C24H33N/c1-20(19-21-11-5-2-6-12-21)25-18-17-24(22-13-7-3-8-14-22)23-15-9-4-10-16-23/h3-4,7-10,13-16,20-21,24-25H,2,5-6,11-12,17-19H2,1H3/t20-/m1/s1. The summed E-state index contributed by atoms with van der Waals surface area (Å²) in [5.74, 6) is 1.44. The summed E-state index contributed by atoms with van der Waals surface area (Å²) in [5, 5.41) is 3.80. The second-order valence-corrected chi connectivity index (χ2v) is 7.76. The molecule has 3 rings (SSSR count). The van der Waals surface area contributed by atoms with Crippen LogP contribution in [0.3, 0.4) is 0 Å². The summed E-state index contributed by atoms with van der Waals surface area (Å²) in [5.41, 5.74) is 2.85. The van der Waals surface area contributed by atoms with E-state index in [-0.39, 0.29) is 0 Å². The predicted octanol–water partition coefficient (Wildman–Crippen LogP) is 6.16. The van der Waals surface area contributed by atoms with Crippen molar-refractivity contribution in [3.8, 4) is 0 Å². The summed E-state index contributed by atoms with van der Waals surface area (Å²) in [6.45, 7) is 3.46. The van der Waals surface area contributed by atoms with Crippen LogP contribution in [0.15, 0.2) is 60.7 Å². The van der Waals surface area contributed by atoms with Crippen molar-refractivity contribution in [3.63, 3.8) is 0 Å². The molecule has 1 nitrogen and oxygen atoms in total. The van der Waals surface area contributed by atoms with Crippen molar-refractivity contribution in [3.05, 3.63) is 71.8 Å². The molecule has 0 aliphatic heterocycles. The fraction of sp³-hybridized carbons (Fsp3) is 0.500. The Morgan fingerprint density at radius 2 is 1.40 bits per heavy atom. The average Bonchev–Trinajstić information content (AvgIpc) is 2.67. The lowest BCUT2D eigenvalue weighted by atomic mass is 9.85. The van der Waals surface area contributed by atoms with E-state index in [2.05, 4.69) is 72.9 Å². The maximum absolute atomic E-state index is 3.80. The fourth-order valence-corrected chi connectivity index (χ4v) is 4.38. The zero-order chi connectivity index (χ0) is 17.3. The third kappa shape index (κ3) is 5.71. The first-order valence-corrected chi connectivity index (χ1v) is 10.2. The number of hydrogen-bond acceptors (Lipinski definition) is 1. The minimum atomic E-state index is 0.483. The molecule has 2 aromatic carbocycles. The zero-order valence-electron chi connectivity index (χ0n) is 15.7. The van der Waals surface area contributed by atoms with Crippen LogP contribution in [-0.2, 0) is 0 Å². The van der Waals surface area contributed by atoms with Crippen LogP contribution in [0, 0.1) is 5.92 Å². The summed E-state index contributed by atoms with van der Waals surface area (Å²) < 4.78 is 0. The Kier molecular flexibility index (Phi) is 7.11. The van der Waals surface area contributed by atoms with Crippen molar-refractivity contribution >= 4 is 0 Å². The number of hydrogen-bond donors (Lipinski definition) is 1. The molecular formula is C24H33N. The summed E-state index contributed by atoms with van der Waals surface area (Å²) >= 11 is 0. The predicted molar refractivity (Wildman–Crippen MR) is 108 cm³/mol. The molecule has 1 fully saturated rings. The Bertz CT molecular complexity index is 547. The topological polar surface area (TPSA) is 12.0 Å². The SMILES string of the molecule is C[C@H](CC1CCCCC1)NCCC(c1ccccc1)c1ccccc1. The van der Waals surface area contributed by atoms with Crippen LogP contribution in [0.2, 0.25) is 0 Å². The van der Waals surface area contributed by atoms with Gasteiger partial charge in [-0.05, 0) is 43.4 Å².